The lowest BCUT2D eigenvalue weighted by Gasteiger charge is -2.40. The van der Waals surface area contributed by atoms with E-state index in [-0.39, 0.29) is 43.7 Å². The van der Waals surface area contributed by atoms with Gasteiger partial charge in [0.25, 0.3) is 5.56 Å². The van der Waals surface area contributed by atoms with Gasteiger partial charge in [0.1, 0.15) is 11.9 Å². The first kappa shape index (κ1) is 19.0. The molecule has 0 unspecified atom stereocenters. The Morgan fingerprint density at radius 1 is 1.38 bits per heavy atom. The lowest BCUT2D eigenvalue weighted by atomic mass is 10.1. The third kappa shape index (κ3) is 3.66. The number of alkyl halides is 3. The highest BCUT2D eigenvalue weighted by molar-refractivity contribution is 5.47. The first-order chi connectivity index (χ1) is 12.3. The fourth-order valence-corrected chi connectivity index (χ4v) is 3.46. The molecule has 0 saturated carbocycles. The van der Waals surface area contributed by atoms with E-state index in [0.717, 1.165) is 4.90 Å². The van der Waals surface area contributed by atoms with Crippen molar-refractivity contribution >= 4 is 11.8 Å². The van der Waals surface area contributed by atoms with Crippen LogP contribution in [0.4, 0.5) is 24.9 Å². The quantitative estimate of drug-likeness (QED) is 0.789. The van der Waals surface area contributed by atoms with Gasteiger partial charge in [-0.05, 0) is 13.3 Å². The molecule has 146 valence electrons. The average molecular weight is 376 g/mol. The lowest BCUT2D eigenvalue weighted by molar-refractivity contribution is -0.153. The van der Waals surface area contributed by atoms with Crippen LogP contribution < -0.4 is 15.4 Å². The molecule has 7 nitrogen and oxygen atoms in total. The molecule has 10 heteroatoms. The van der Waals surface area contributed by atoms with Crippen molar-refractivity contribution in [2.45, 2.75) is 38.1 Å². The summed E-state index contributed by atoms with van der Waals surface area (Å²) in [7, 11) is 1.43. The molecule has 0 spiro atoms. The number of anilines is 2. The van der Waals surface area contributed by atoms with Crippen LogP contribution in [0.3, 0.4) is 0 Å². The Labute approximate surface area is 149 Å². The monoisotopic (exact) mass is 376 g/mol. The molecule has 3 heterocycles. The van der Waals surface area contributed by atoms with Crippen LogP contribution in [0.5, 0.6) is 0 Å². The number of nitrogens with zero attached hydrogens (tertiary/aromatic N) is 4. The minimum atomic E-state index is -4.40. The fourth-order valence-electron chi connectivity index (χ4n) is 3.46. The molecule has 3 rings (SSSR count). The molecule has 2 aliphatic heterocycles. The van der Waals surface area contributed by atoms with Crippen LogP contribution in [0.25, 0.3) is 0 Å². The first-order valence-electron chi connectivity index (χ1n) is 8.61. The number of hydrogen-bond acceptors (Lipinski definition) is 6. The van der Waals surface area contributed by atoms with Crippen LogP contribution in [0.1, 0.15) is 13.3 Å². The Hall–Kier alpha value is -1.81. The summed E-state index contributed by atoms with van der Waals surface area (Å²) < 4.78 is 52.2. The van der Waals surface area contributed by atoms with Gasteiger partial charge in [-0.15, -0.1) is 0 Å². The van der Waals surface area contributed by atoms with Gasteiger partial charge in [-0.3, -0.25) is 9.36 Å². The SMILES string of the molecule is COCCN1c2nc(N3CCOC[C@H]3C)cc(=O)n2CC[C@H]1C(F)(F)F. The molecular weight excluding hydrogens is 353 g/mol. The summed E-state index contributed by atoms with van der Waals surface area (Å²) in [6.07, 6.45) is -4.59. The maximum Gasteiger partial charge on any atom is 0.408 e. The summed E-state index contributed by atoms with van der Waals surface area (Å²) in [6.45, 7) is 3.56. The lowest BCUT2D eigenvalue weighted by Crippen LogP contribution is -2.54. The molecule has 0 aliphatic carbocycles. The number of hydrogen-bond donors (Lipinski definition) is 0. The van der Waals surface area contributed by atoms with Crippen molar-refractivity contribution in [3.63, 3.8) is 0 Å². The van der Waals surface area contributed by atoms with Crippen molar-refractivity contribution in [3.05, 3.63) is 16.4 Å². The van der Waals surface area contributed by atoms with Crippen molar-refractivity contribution in [1.29, 1.82) is 0 Å². The summed E-state index contributed by atoms with van der Waals surface area (Å²) in [5.74, 6) is 0.444. The zero-order valence-corrected chi connectivity index (χ0v) is 14.8. The standard InChI is InChI=1S/C16H23F3N4O3/c1-11-10-26-8-6-21(11)13-9-14(24)23-4-3-12(16(17,18)19)22(5-7-25-2)15(23)20-13/h9,11-12H,3-8,10H2,1-2H3/t11-,12+/m1/s1. The van der Waals surface area contributed by atoms with Gasteiger partial charge in [0.15, 0.2) is 0 Å². The van der Waals surface area contributed by atoms with Crippen LogP contribution >= 0.6 is 0 Å². The fraction of sp³-hybridized carbons (Fsp3) is 0.750. The molecule has 0 amide bonds. The zero-order chi connectivity index (χ0) is 18.9. The van der Waals surface area contributed by atoms with Gasteiger partial charge >= 0.3 is 6.18 Å². The van der Waals surface area contributed by atoms with E-state index < -0.39 is 12.2 Å². The number of aromatic nitrogens is 2. The minimum absolute atomic E-state index is 0.00618. The first-order valence-corrected chi connectivity index (χ1v) is 8.61. The maximum absolute atomic E-state index is 13.5. The number of halogens is 3. The summed E-state index contributed by atoms with van der Waals surface area (Å²) >= 11 is 0. The number of fused-ring (bicyclic) bond motifs is 1. The normalized spacial score (nSPS) is 23.9. The third-order valence-electron chi connectivity index (χ3n) is 4.81. The second kappa shape index (κ2) is 7.43. The summed E-state index contributed by atoms with van der Waals surface area (Å²) in [5, 5.41) is 0. The van der Waals surface area contributed by atoms with E-state index in [0.29, 0.717) is 25.6 Å². The van der Waals surface area contributed by atoms with E-state index in [1.54, 1.807) is 0 Å². The van der Waals surface area contributed by atoms with E-state index in [1.165, 1.54) is 17.7 Å². The molecule has 0 N–H and O–H groups in total. The second-order valence-electron chi connectivity index (χ2n) is 6.55. The molecule has 26 heavy (non-hydrogen) atoms. The number of morpholine rings is 1. The highest BCUT2D eigenvalue weighted by Crippen LogP contribution is 2.34. The molecule has 1 aromatic heterocycles. The van der Waals surface area contributed by atoms with Crippen LogP contribution in [0.2, 0.25) is 0 Å². The van der Waals surface area contributed by atoms with Gasteiger partial charge < -0.3 is 19.3 Å². The number of methoxy groups -OCH3 is 1. The Balaban J connectivity index is 2.02. The van der Waals surface area contributed by atoms with Crippen LogP contribution in [-0.4, -0.2) is 67.8 Å². The Bertz CT molecular complexity index is 694. The van der Waals surface area contributed by atoms with E-state index in [1.807, 2.05) is 11.8 Å². The van der Waals surface area contributed by atoms with Crippen molar-refractivity contribution in [1.82, 2.24) is 9.55 Å². The van der Waals surface area contributed by atoms with E-state index in [2.05, 4.69) is 4.98 Å². The Kier molecular flexibility index (Phi) is 5.42. The molecule has 0 radical (unpaired) electrons. The van der Waals surface area contributed by atoms with Crippen LogP contribution in [0.15, 0.2) is 10.9 Å². The molecule has 1 saturated heterocycles. The minimum Gasteiger partial charge on any atom is -0.383 e. The smallest absolute Gasteiger partial charge is 0.383 e. The van der Waals surface area contributed by atoms with Gasteiger partial charge in [0.05, 0.1) is 25.9 Å². The molecule has 0 aromatic carbocycles. The van der Waals surface area contributed by atoms with Crippen LogP contribution in [-0.2, 0) is 16.0 Å². The maximum atomic E-state index is 13.5. The highest BCUT2D eigenvalue weighted by atomic mass is 19.4. The molecule has 1 aromatic rings. The molecular formula is C16H23F3N4O3. The number of rotatable bonds is 4. The van der Waals surface area contributed by atoms with E-state index >= 15 is 0 Å². The van der Waals surface area contributed by atoms with Gasteiger partial charge in [0, 0.05) is 32.8 Å². The van der Waals surface area contributed by atoms with Crippen molar-refractivity contribution in [3.8, 4) is 0 Å². The third-order valence-corrected chi connectivity index (χ3v) is 4.81. The van der Waals surface area contributed by atoms with Gasteiger partial charge in [-0.2, -0.15) is 18.2 Å². The van der Waals surface area contributed by atoms with E-state index in [9.17, 15) is 18.0 Å². The van der Waals surface area contributed by atoms with Gasteiger partial charge in [-0.1, -0.05) is 0 Å². The van der Waals surface area contributed by atoms with Crippen molar-refractivity contribution < 1.29 is 22.6 Å². The topological polar surface area (TPSA) is 59.8 Å². The Morgan fingerprint density at radius 3 is 2.81 bits per heavy atom. The molecule has 1 fully saturated rings. The molecule has 2 atom stereocenters. The van der Waals surface area contributed by atoms with Crippen molar-refractivity contribution in [2.24, 2.45) is 0 Å². The number of ether oxygens (including phenoxy) is 2. The predicted molar refractivity (Wildman–Crippen MR) is 89.8 cm³/mol. The summed E-state index contributed by atoms with van der Waals surface area (Å²) in [4.78, 5) is 20.0. The van der Waals surface area contributed by atoms with Gasteiger partial charge in [0.2, 0.25) is 5.95 Å². The van der Waals surface area contributed by atoms with Gasteiger partial charge in [-0.25, -0.2) is 0 Å². The van der Waals surface area contributed by atoms with E-state index in [4.69, 9.17) is 9.47 Å². The molecule has 2 aliphatic rings. The summed E-state index contributed by atoms with van der Waals surface area (Å²) in [5.41, 5.74) is -0.341. The predicted octanol–water partition coefficient (Wildman–Crippen LogP) is 1.26. The largest absolute Gasteiger partial charge is 0.408 e. The highest BCUT2D eigenvalue weighted by Gasteiger charge is 2.46. The average Bonchev–Trinajstić information content (AvgIpc) is 2.59. The van der Waals surface area contributed by atoms with Crippen molar-refractivity contribution in [2.75, 3.05) is 49.8 Å². The molecule has 0 bridgehead atoms. The second-order valence-corrected chi connectivity index (χ2v) is 6.55. The van der Waals surface area contributed by atoms with Crippen LogP contribution in [0, 0.1) is 0 Å². The summed E-state index contributed by atoms with van der Waals surface area (Å²) in [6, 6.07) is -0.289. The zero-order valence-electron chi connectivity index (χ0n) is 14.8. The Morgan fingerprint density at radius 2 is 2.15 bits per heavy atom.